The lowest BCUT2D eigenvalue weighted by molar-refractivity contribution is 0.198. The van der Waals surface area contributed by atoms with Crippen molar-refractivity contribution in [2.75, 3.05) is 26.7 Å². The molecule has 0 amide bonds. The molecule has 4 rings (SSSR count). The highest BCUT2D eigenvalue weighted by Crippen LogP contribution is 2.22. The number of para-hydroxylation sites is 1. The summed E-state index contributed by atoms with van der Waals surface area (Å²) in [7, 11) is 1.86. The maximum Gasteiger partial charge on any atom is 0.191 e. The number of benzene rings is 1. The van der Waals surface area contributed by atoms with E-state index in [0.717, 1.165) is 57.8 Å². The quantitative estimate of drug-likeness (QED) is 0.395. The van der Waals surface area contributed by atoms with Gasteiger partial charge in [0, 0.05) is 56.4 Å². The van der Waals surface area contributed by atoms with Gasteiger partial charge in [0.05, 0.1) is 0 Å². The fraction of sp³-hybridized carbons (Fsp3) is 0.458. The number of thiophene rings is 1. The maximum atomic E-state index is 4.44. The summed E-state index contributed by atoms with van der Waals surface area (Å²) in [4.78, 5) is 10.5. The second kappa shape index (κ2) is 10.1. The van der Waals surface area contributed by atoms with Crippen molar-refractivity contribution < 1.29 is 0 Å². The molecule has 0 bridgehead atoms. The van der Waals surface area contributed by atoms with Crippen LogP contribution in [0.15, 0.2) is 46.2 Å². The molecule has 1 saturated heterocycles. The molecule has 3 aromatic rings. The number of aliphatic imine (C=N–C) groups is 1. The Kier molecular flexibility index (Phi) is 7.07. The first-order valence-electron chi connectivity index (χ1n) is 11.0. The molecule has 1 aromatic carbocycles. The summed E-state index contributed by atoms with van der Waals surface area (Å²) in [6.07, 6.45) is 6.51. The van der Waals surface area contributed by atoms with Crippen LogP contribution in [-0.4, -0.2) is 48.6 Å². The highest BCUT2D eigenvalue weighted by molar-refractivity contribution is 7.07. The van der Waals surface area contributed by atoms with Gasteiger partial charge in [-0.3, -0.25) is 9.89 Å². The van der Waals surface area contributed by atoms with E-state index in [0.29, 0.717) is 6.04 Å². The Labute approximate surface area is 183 Å². The lowest BCUT2D eigenvalue weighted by Crippen LogP contribution is -2.48. The van der Waals surface area contributed by atoms with Crippen LogP contribution in [0.5, 0.6) is 0 Å². The smallest absolute Gasteiger partial charge is 0.191 e. The number of hydrogen-bond acceptors (Lipinski definition) is 3. The van der Waals surface area contributed by atoms with E-state index in [4.69, 9.17) is 0 Å². The van der Waals surface area contributed by atoms with E-state index in [1.165, 1.54) is 27.6 Å². The van der Waals surface area contributed by atoms with Crippen molar-refractivity contribution in [1.29, 1.82) is 0 Å². The summed E-state index contributed by atoms with van der Waals surface area (Å²) in [5, 5.41) is 12.9. The van der Waals surface area contributed by atoms with Gasteiger partial charge in [0.1, 0.15) is 0 Å². The number of nitrogens with one attached hydrogen (secondary N) is 3. The van der Waals surface area contributed by atoms with Crippen LogP contribution in [0.1, 0.15) is 36.5 Å². The third-order valence-electron chi connectivity index (χ3n) is 6.09. The summed E-state index contributed by atoms with van der Waals surface area (Å²) in [5.74, 6) is 0.917. The number of rotatable bonds is 7. The fourth-order valence-corrected chi connectivity index (χ4v) is 5.02. The summed E-state index contributed by atoms with van der Waals surface area (Å²) in [6, 6.07) is 9.32. The monoisotopic (exact) mass is 423 g/mol. The van der Waals surface area contributed by atoms with Crippen LogP contribution in [0.25, 0.3) is 10.9 Å². The third kappa shape index (κ3) is 5.05. The van der Waals surface area contributed by atoms with Gasteiger partial charge in [0.25, 0.3) is 0 Å². The van der Waals surface area contributed by atoms with Crippen LogP contribution in [0.3, 0.4) is 0 Å². The van der Waals surface area contributed by atoms with E-state index in [-0.39, 0.29) is 0 Å². The molecule has 3 heterocycles. The van der Waals surface area contributed by atoms with Crippen LogP contribution in [0.4, 0.5) is 0 Å². The molecule has 1 aliphatic heterocycles. The van der Waals surface area contributed by atoms with Gasteiger partial charge in [-0.25, -0.2) is 0 Å². The maximum absolute atomic E-state index is 4.44. The molecule has 6 heteroatoms. The standard InChI is InChI=1S/C24H33N5S/c1-3-19-5-4-6-22-20(15-27-23(19)22)7-11-26-24(25-2)28-21-8-12-29(13-9-21)16-18-10-14-30-17-18/h4-6,10,14-15,17,21,27H,3,7-9,11-13,16H2,1-2H3,(H2,25,26,28). The van der Waals surface area contributed by atoms with Crippen LogP contribution in [0.2, 0.25) is 0 Å². The number of likely N-dealkylation sites (tertiary alicyclic amines) is 1. The van der Waals surface area contributed by atoms with Crippen molar-refractivity contribution in [2.24, 2.45) is 4.99 Å². The topological polar surface area (TPSA) is 55.5 Å². The van der Waals surface area contributed by atoms with Gasteiger partial charge < -0.3 is 15.6 Å². The minimum Gasteiger partial charge on any atom is -0.361 e. The molecule has 160 valence electrons. The Morgan fingerprint density at radius 2 is 2.10 bits per heavy atom. The van der Waals surface area contributed by atoms with Crippen LogP contribution in [0, 0.1) is 0 Å². The van der Waals surface area contributed by atoms with Gasteiger partial charge in [-0.15, -0.1) is 0 Å². The average molecular weight is 424 g/mol. The van der Waals surface area contributed by atoms with E-state index in [9.17, 15) is 0 Å². The molecular formula is C24H33N5S. The molecule has 5 nitrogen and oxygen atoms in total. The summed E-state index contributed by atoms with van der Waals surface area (Å²) in [5.41, 5.74) is 5.47. The molecule has 0 unspecified atom stereocenters. The minimum atomic E-state index is 0.495. The van der Waals surface area contributed by atoms with Gasteiger partial charge in [0.15, 0.2) is 5.96 Å². The normalized spacial score (nSPS) is 16.3. The zero-order valence-corrected chi connectivity index (χ0v) is 18.9. The fourth-order valence-electron chi connectivity index (χ4n) is 4.36. The molecule has 1 aliphatic rings. The number of guanidine groups is 1. The molecule has 1 fully saturated rings. The Bertz CT molecular complexity index is 951. The predicted molar refractivity (Wildman–Crippen MR) is 128 cm³/mol. The molecule has 0 atom stereocenters. The van der Waals surface area contributed by atoms with E-state index in [2.05, 4.69) is 73.7 Å². The molecular weight excluding hydrogens is 390 g/mol. The van der Waals surface area contributed by atoms with E-state index in [1.54, 1.807) is 11.3 Å². The zero-order chi connectivity index (χ0) is 20.8. The third-order valence-corrected chi connectivity index (χ3v) is 6.83. The number of aryl methyl sites for hydroxylation is 1. The minimum absolute atomic E-state index is 0.495. The first-order valence-corrected chi connectivity index (χ1v) is 12.0. The largest absolute Gasteiger partial charge is 0.361 e. The van der Waals surface area contributed by atoms with Gasteiger partial charge >= 0.3 is 0 Å². The number of fused-ring (bicyclic) bond motifs is 1. The van der Waals surface area contributed by atoms with Crippen molar-refractivity contribution in [3.63, 3.8) is 0 Å². The van der Waals surface area contributed by atoms with E-state index in [1.807, 2.05) is 7.05 Å². The summed E-state index contributed by atoms with van der Waals surface area (Å²) in [6.45, 7) is 6.44. The van der Waals surface area contributed by atoms with Gasteiger partial charge in [0.2, 0.25) is 0 Å². The number of aromatic nitrogens is 1. The van der Waals surface area contributed by atoms with Crippen molar-refractivity contribution in [2.45, 2.75) is 45.2 Å². The zero-order valence-electron chi connectivity index (χ0n) is 18.1. The Balaban J connectivity index is 1.23. The highest BCUT2D eigenvalue weighted by Gasteiger charge is 2.20. The number of nitrogens with zero attached hydrogens (tertiary/aromatic N) is 2. The second-order valence-electron chi connectivity index (χ2n) is 8.08. The first kappa shape index (κ1) is 20.9. The number of aromatic amines is 1. The summed E-state index contributed by atoms with van der Waals surface area (Å²) < 4.78 is 0. The highest BCUT2D eigenvalue weighted by atomic mass is 32.1. The number of hydrogen-bond donors (Lipinski definition) is 3. The van der Waals surface area contributed by atoms with E-state index >= 15 is 0 Å². The van der Waals surface area contributed by atoms with Crippen molar-refractivity contribution in [3.8, 4) is 0 Å². The van der Waals surface area contributed by atoms with Crippen LogP contribution in [-0.2, 0) is 19.4 Å². The summed E-state index contributed by atoms with van der Waals surface area (Å²) >= 11 is 1.78. The van der Waals surface area contributed by atoms with Gasteiger partial charge in [-0.2, -0.15) is 11.3 Å². The molecule has 0 saturated carbocycles. The van der Waals surface area contributed by atoms with Gasteiger partial charge in [-0.05, 0) is 59.2 Å². The molecule has 2 aromatic heterocycles. The van der Waals surface area contributed by atoms with Crippen molar-refractivity contribution in [1.82, 2.24) is 20.5 Å². The molecule has 0 aliphatic carbocycles. The van der Waals surface area contributed by atoms with Gasteiger partial charge in [-0.1, -0.05) is 25.1 Å². The Hall–Kier alpha value is -2.31. The van der Waals surface area contributed by atoms with Crippen molar-refractivity contribution in [3.05, 3.63) is 57.9 Å². The SMILES string of the molecule is CCc1cccc2c(CCNC(=NC)NC3CCN(Cc4ccsc4)CC3)c[nH]c12. The molecule has 30 heavy (non-hydrogen) atoms. The Morgan fingerprint density at radius 3 is 2.83 bits per heavy atom. The molecule has 3 N–H and O–H groups in total. The Morgan fingerprint density at radius 1 is 1.23 bits per heavy atom. The lowest BCUT2D eigenvalue weighted by Gasteiger charge is -2.32. The molecule has 0 radical (unpaired) electrons. The van der Waals surface area contributed by atoms with Crippen LogP contribution >= 0.6 is 11.3 Å². The van der Waals surface area contributed by atoms with Crippen molar-refractivity contribution >= 4 is 28.2 Å². The van der Waals surface area contributed by atoms with E-state index < -0.39 is 0 Å². The predicted octanol–water partition coefficient (Wildman–Crippen LogP) is 4.16. The first-order chi connectivity index (χ1) is 14.8. The molecule has 0 spiro atoms. The average Bonchev–Trinajstić information content (AvgIpc) is 3.44. The van der Waals surface area contributed by atoms with Crippen LogP contribution < -0.4 is 10.6 Å². The number of piperidine rings is 1. The lowest BCUT2D eigenvalue weighted by atomic mass is 10.0. The second-order valence-corrected chi connectivity index (χ2v) is 8.86. The number of H-pyrrole nitrogens is 1.